The van der Waals surface area contributed by atoms with Crippen molar-refractivity contribution in [2.45, 2.75) is 45.1 Å². The fourth-order valence-electron chi connectivity index (χ4n) is 4.40. The summed E-state index contributed by atoms with van der Waals surface area (Å²) < 4.78 is 11.1. The minimum absolute atomic E-state index is 0.0977. The minimum atomic E-state index is -1.02. The molecule has 3 N–H and O–H groups in total. The quantitative estimate of drug-likeness (QED) is 0.104. The van der Waals surface area contributed by atoms with Crippen molar-refractivity contribution in [3.8, 4) is 11.5 Å². The molecular weight excluding hydrogens is 560 g/mol. The van der Waals surface area contributed by atoms with Crippen molar-refractivity contribution in [3.05, 3.63) is 88.4 Å². The molecule has 0 radical (unpaired) electrons. The smallest absolute Gasteiger partial charge is 0.343 e. The van der Waals surface area contributed by atoms with Crippen LogP contribution < -0.4 is 25.5 Å². The topological polar surface area (TPSA) is 135 Å². The average molecular weight is 591 g/mol. The van der Waals surface area contributed by atoms with Gasteiger partial charge < -0.3 is 20.1 Å². The molecule has 3 aromatic rings. The molecule has 218 valence electrons. The number of benzene rings is 3. The van der Waals surface area contributed by atoms with Gasteiger partial charge in [-0.2, -0.15) is 5.10 Å². The van der Waals surface area contributed by atoms with Gasteiger partial charge in [0.25, 0.3) is 5.91 Å². The highest BCUT2D eigenvalue weighted by molar-refractivity contribution is 6.40. The summed E-state index contributed by atoms with van der Waals surface area (Å²) in [6.45, 7) is 2.09. The van der Waals surface area contributed by atoms with Crippen LogP contribution in [0.15, 0.2) is 71.8 Å². The normalized spacial score (nSPS) is 13.3. The Balaban J connectivity index is 1.35. The SMILES string of the molecule is CCOc1cc(C=NNC(=O)C(=O)Nc2ccccc2C(=O)NC2CCCCC2)ccc1OC(=O)c1ccc(Cl)cc1. The van der Waals surface area contributed by atoms with Crippen molar-refractivity contribution in [2.24, 2.45) is 5.10 Å². The van der Waals surface area contributed by atoms with Crippen LogP contribution in [0.25, 0.3) is 0 Å². The third kappa shape index (κ3) is 8.40. The molecule has 0 atom stereocenters. The number of para-hydroxylation sites is 1. The van der Waals surface area contributed by atoms with Gasteiger partial charge in [0.15, 0.2) is 11.5 Å². The number of hydrogen-bond acceptors (Lipinski definition) is 7. The van der Waals surface area contributed by atoms with Gasteiger partial charge in [0.1, 0.15) is 0 Å². The van der Waals surface area contributed by atoms with E-state index in [1.165, 1.54) is 12.3 Å². The number of nitrogens with one attached hydrogen (secondary N) is 3. The summed E-state index contributed by atoms with van der Waals surface area (Å²) in [7, 11) is 0. The summed E-state index contributed by atoms with van der Waals surface area (Å²) >= 11 is 5.88. The Morgan fingerprint density at radius 3 is 2.40 bits per heavy atom. The summed E-state index contributed by atoms with van der Waals surface area (Å²) in [5, 5.41) is 9.84. The number of carbonyl (C=O) groups excluding carboxylic acids is 4. The Hall–Kier alpha value is -4.70. The average Bonchev–Trinajstić information content (AvgIpc) is 2.99. The maximum atomic E-state index is 12.8. The van der Waals surface area contributed by atoms with Gasteiger partial charge in [-0.15, -0.1) is 0 Å². The zero-order valence-electron chi connectivity index (χ0n) is 23.0. The third-order valence-electron chi connectivity index (χ3n) is 6.50. The van der Waals surface area contributed by atoms with Crippen LogP contribution in [0.2, 0.25) is 5.02 Å². The lowest BCUT2D eigenvalue weighted by Gasteiger charge is -2.23. The predicted molar refractivity (Wildman–Crippen MR) is 159 cm³/mol. The number of rotatable bonds is 9. The van der Waals surface area contributed by atoms with E-state index < -0.39 is 17.8 Å². The standard InChI is InChI=1S/C31H31ClN4O6/c1-2-41-27-18-20(12-17-26(27)42-31(40)21-13-15-22(32)16-14-21)19-33-36-30(39)29(38)35-25-11-7-6-10-24(25)28(37)34-23-8-4-3-5-9-23/h6-7,10-19,23H,2-5,8-9H2,1H3,(H,34,37)(H,35,38)(H,36,39). The summed E-state index contributed by atoms with van der Waals surface area (Å²) in [5.74, 6) is -2.40. The molecule has 0 bridgehead atoms. The molecule has 0 aliphatic heterocycles. The van der Waals surface area contributed by atoms with Crippen LogP contribution in [0.4, 0.5) is 5.69 Å². The summed E-state index contributed by atoms with van der Waals surface area (Å²) in [6.07, 6.45) is 6.45. The van der Waals surface area contributed by atoms with Crippen LogP contribution in [-0.4, -0.2) is 42.6 Å². The molecule has 0 heterocycles. The van der Waals surface area contributed by atoms with E-state index in [1.54, 1.807) is 67.6 Å². The van der Waals surface area contributed by atoms with E-state index in [4.69, 9.17) is 21.1 Å². The number of hydrogen-bond donors (Lipinski definition) is 3. The van der Waals surface area contributed by atoms with Crippen molar-refractivity contribution in [2.75, 3.05) is 11.9 Å². The first kappa shape index (κ1) is 30.3. The number of carbonyl (C=O) groups is 4. The molecule has 0 unspecified atom stereocenters. The van der Waals surface area contributed by atoms with Gasteiger partial charge in [-0.1, -0.05) is 43.0 Å². The zero-order chi connectivity index (χ0) is 29.9. The number of esters is 1. The molecule has 1 aliphatic carbocycles. The Bertz CT molecular complexity index is 1470. The largest absolute Gasteiger partial charge is 0.490 e. The fourth-order valence-corrected chi connectivity index (χ4v) is 4.52. The molecule has 3 aromatic carbocycles. The predicted octanol–water partition coefficient (Wildman–Crippen LogP) is 5.11. The van der Waals surface area contributed by atoms with Crippen LogP contribution in [0.5, 0.6) is 11.5 Å². The first-order valence-corrected chi connectivity index (χ1v) is 14.0. The highest BCUT2D eigenvalue weighted by atomic mass is 35.5. The van der Waals surface area contributed by atoms with Gasteiger partial charge in [-0.25, -0.2) is 10.2 Å². The third-order valence-corrected chi connectivity index (χ3v) is 6.75. The van der Waals surface area contributed by atoms with Gasteiger partial charge in [0.2, 0.25) is 0 Å². The fraction of sp³-hybridized carbons (Fsp3) is 0.258. The number of hydrazone groups is 1. The van der Waals surface area contributed by atoms with Gasteiger partial charge in [0.05, 0.1) is 29.6 Å². The van der Waals surface area contributed by atoms with Gasteiger partial charge >= 0.3 is 17.8 Å². The van der Waals surface area contributed by atoms with Crippen LogP contribution in [0.1, 0.15) is 65.3 Å². The Labute approximate surface area is 248 Å². The highest BCUT2D eigenvalue weighted by Crippen LogP contribution is 2.29. The minimum Gasteiger partial charge on any atom is -0.490 e. The second kappa shape index (κ2) is 14.8. The molecule has 1 aliphatic rings. The van der Waals surface area contributed by atoms with E-state index in [0.717, 1.165) is 32.1 Å². The maximum Gasteiger partial charge on any atom is 0.343 e. The molecule has 0 saturated heterocycles. The first-order chi connectivity index (χ1) is 20.3. The lowest BCUT2D eigenvalue weighted by molar-refractivity contribution is -0.136. The Morgan fingerprint density at radius 2 is 1.67 bits per heavy atom. The lowest BCUT2D eigenvalue weighted by atomic mass is 9.95. The van der Waals surface area contributed by atoms with E-state index in [1.807, 2.05) is 0 Å². The number of nitrogens with zero attached hydrogens (tertiary/aromatic N) is 1. The molecule has 1 saturated carbocycles. The summed E-state index contributed by atoms with van der Waals surface area (Å²) in [6, 6.07) is 17.6. The lowest BCUT2D eigenvalue weighted by Crippen LogP contribution is -2.37. The monoisotopic (exact) mass is 590 g/mol. The maximum absolute atomic E-state index is 12.8. The molecule has 11 heteroatoms. The second-order valence-corrected chi connectivity index (χ2v) is 9.98. The molecule has 4 rings (SSSR count). The molecule has 1 fully saturated rings. The second-order valence-electron chi connectivity index (χ2n) is 9.54. The van der Waals surface area contributed by atoms with Crippen LogP contribution in [-0.2, 0) is 9.59 Å². The first-order valence-electron chi connectivity index (χ1n) is 13.6. The van der Waals surface area contributed by atoms with Gasteiger partial charge in [-0.05, 0) is 79.9 Å². The van der Waals surface area contributed by atoms with Gasteiger partial charge in [0, 0.05) is 11.1 Å². The van der Waals surface area contributed by atoms with E-state index in [-0.39, 0.29) is 34.7 Å². The molecule has 3 amide bonds. The number of anilines is 1. The van der Waals surface area contributed by atoms with Crippen molar-refractivity contribution in [3.63, 3.8) is 0 Å². The van der Waals surface area contributed by atoms with Crippen molar-refractivity contribution in [1.82, 2.24) is 10.7 Å². The highest BCUT2D eigenvalue weighted by Gasteiger charge is 2.21. The molecule has 0 aromatic heterocycles. The van der Waals surface area contributed by atoms with Crippen LogP contribution in [0, 0.1) is 0 Å². The van der Waals surface area contributed by atoms with Crippen molar-refractivity contribution < 1.29 is 28.7 Å². The van der Waals surface area contributed by atoms with E-state index in [0.29, 0.717) is 22.8 Å². The molecule has 42 heavy (non-hydrogen) atoms. The molecule has 10 nitrogen and oxygen atoms in total. The zero-order valence-corrected chi connectivity index (χ0v) is 23.8. The van der Waals surface area contributed by atoms with Gasteiger partial charge in [-0.3, -0.25) is 14.4 Å². The Morgan fingerprint density at radius 1 is 0.929 bits per heavy atom. The van der Waals surface area contributed by atoms with Crippen LogP contribution in [0.3, 0.4) is 0 Å². The van der Waals surface area contributed by atoms with Crippen molar-refractivity contribution >= 4 is 47.2 Å². The van der Waals surface area contributed by atoms with Crippen LogP contribution >= 0.6 is 11.6 Å². The number of halogens is 1. The number of ether oxygens (including phenoxy) is 2. The molecule has 0 spiro atoms. The van der Waals surface area contributed by atoms with E-state index in [9.17, 15) is 19.2 Å². The summed E-state index contributed by atoms with van der Waals surface area (Å²) in [4.78, 5) is 50.3. The van der Waals surface area contributed by atoms with E-state index in [2.05, 4.69) is 21.2 Å². The Kier molecular flexibility index (Phi) is 10.7. The van der Waals surface area contributed by atoms with Crippen molar-refractivity contribution in [1.29, 1.82) is 0 Å². The summed E-state index contributed by atoms with van der Waals surface area (Å²) in [5.41, 5.74) is 3.49. The van der Waals surface area contributed by atoms with E-state index >= 15 is 0 Å². The number of amides is 3. The molecular formula is C31H31ClN4O6.